The predicted octanol–water partition coefficient (Wildman–Crippen LogP) is 4.81. The molecule has 0 bridgehead atoms. The Balaban J connectivity index is 2.35. The van der Waals surface area contributed by atoms with Gasteiger partial charge in [-0.15, -0.1) is 0 Å². The molecule has 3 heteroatoms. The van der Waals surface area contributed by atoms with Gasteiger partial charge >= 0.3 is 0 Å². The minimum absolute atomic E-state index is 0.0646. The Morgan fingerprint density at radius 2 is 1.90 bits per heavy atom. The van der Waals surface area contributed by atoms with E-state index in [-0.39, 0.29) is 12.1 Å². The first kappa shape index (κ1) is 15.9. The summed E-state index contributed by atoms with van der Waals surface area (Å²) in [6, 6.07) is 13.9. The summed E-state index contributed by atoms with van der Waals surface area (Å²) in [5.74, 6) is 0.790. The van der Waals surface area contributed by atoms with E-state index in [1.165, 1.54) is 5.56 Å². The van der Waals surface area contributed by atoms with Crippen molar-refractivity contribution in [3.63, 3.8) is 0 Å². The molecule has 0 aliphatic heterocycles. The molecule has 2 atom stereocenters. The Kier molecular flexibility index (Phi) is 5.27. The van der Waals surface area contributed by atoms with Gasteiger partial charge in [-0.3, -0.25) is 0 Å². The Labute approximate surface area is 131 Å². The van der Waals surface area contributed by atoms with Crippen molar-refractivity contribution in [2.45, 2.75) is 39.3 Å². The number of rotatable bonds is 5. The lowest BCUT2D eigenvalue weighted by Gasteiger charge is -2.26. The van der Waals surface area contributed by atoms with Crippen molar-refractivity contribution in [3.8, 4) is 5.75 Å². The fraction of sp³-hybridized carbons (Fsp3) is 0.333. The molecule has 2 nitrogen and oxygen atoms in total. The molecule has 0 aliphatic carbocycles. The fourth-order valence-corrected chi connectivity index (χ4v) is 2.46. The van der Waals surface area contributed by atoms with Crippen LogP contribution in [0.4, 0.5) is 0 Å². The lowest BCUT2D eigenvalue weighted by atomic mass is 9.99. The standard InChI is InChI=1S/C18H22ClNO/c1-4-16(20)18(14-7-5-6-12(2)10-14)21-17-11-15(19)9-8-13(17)3/h5-11,16,18H,4,20H2,1-3H3. The van der Waals surface area contributed by atoms with E-state index in [4.69, 9.17) is 22.1 Å². The van der Waals surface area contributed by atoms with Gasteiger partial charge in [0.25, 0.3) is 0 Å². The van der Waals surface area contributed by atoms with Crippen LogP contribution in [0.2, 0.25) is 5.02 Å². The normalized spacial score (nSPS) is 13.8. The van der Waals surface area contributed by atoms with Crippen molar-refractivity contribution in [2.75, 3.05) is 0 Å². The zero-order valence-corrected chi connectivity index (χ0v) is 13.5. The van der Waals surface area contributed by atoms with Gasteiger partial charge in [0.05, 0.1) is 0 Å². The number of ether oxygens (including phenoxy) is 1. The molecule has 0 radical (unpaired) electrons. The third-order valence-corrected chi connectivity index (χ3v) is 3.87. The molecule has 0 heterocycles. The summed E-state index contributed by atoms with van der Waals surface area (Å²) >= 11 is 6.07. The van der Waals surface area contributed by atoms with Gasteiger partial charge in [0, 0.05) is 11.1 Å². The predicted molar refractivity (Wildman–Crippen MR) is 89.0 cm³/mol. The fourth-order valence-electron chi connectivity index (χ4n) is 2.30. The highest BCUT2D eigenvalue weighted by Crippen LogP contribution is 2.30. The van der Waals surface area contributed by atoms with Gasteiger partial charge in [0.1, 0.15) is 11.9 Å². The largest absolute Gasteiger partial charge is 0.484 e. The SMILES string of the molecule is CCC(N)C(Oc1cc(Cl)ccc1C)c1cccc(C)c1. The molecular weight excluding hydrogens is 282 g/mol. The highest BCUT2D eigenvalue weighted by Gasteiger charge is 2.21. The van der Waals surface area contributed by atoms with Crippen LogP contribution in [0.3, 0.4) is 0 Å². The van der Waals surface area contributed by atoms with Crippen molar-refractivity contribution >= 4 is 11.6 Å². The summed E-state index contributed by atoms with van der Waals surface area (Å²) in [6.45, 7) is 6.15. The van der Waals surface area contributed by atoms with Gasteiger partial charge in [0.2, 0.25) is 0 Å². The van der Waals surface area contributed by atoms with Crippen LogP contribution in [0, 0.1) is 13.8 Å². The van der Waals surface area contributed by atoms with Crippen LogP contribution in [0.5, 0.6) is 5.75 Å². The van der Waals surface area contributed by atoms with E-state index in [0.29, 0.717) is 5.02 Å². The summed E-state index contributed by atoms with van der Waals surface area (Å²) in [4.78, 5) is 0. The maximum atomic E-state index is 6.28. The second kappa shape index (κ2) is 6.97. The molecule has 0 spiro atoms. The molecule has 2 aromatic rings. The molecule has 2 aromatic carbocycles. The molecule has 0 saturated heterocycles. The molecule has 0 aromatic heterocycles. The first-order chi connectivity index (χ1) is 10.0. The van der Waals surface area contributed by atoms with Crippen LogP contribution in [0.15, 0.2) is 42.5 Å². The van der Waals surface area contributed by atoms with Crippen LogP contribution >= 0.6 is 11.6 Å². The first-order valence-corrected chi connectivity index (χ1v) is 7.64. The highest BCUT2D eigenvalue weighted by molar-refractivity contribution is 6.30. The summed E-state index contributed by atoms with van der Waals surface area (Å²) < 4.78 is 6.21. The lowest BCUT2D eigenvalue weighted by molar-refractivity contribution is 0.170. The topological polar surface area (TPSA) is 35.2 Å². The summed E-state index contributed by atoms with van der Waals surface area (Å²) in [6.07, 6.45) is 0.671. The van der Waals surface area contributed by atoms with Gasteiger partial charge in [-0.25, -0.2) is 0 Å². The minimum atomic E-state index is -0.174. The van der Waals surface area contributed by atoms with Crippen molar-refractivity contribution in [1.29, 1.82) is 0 Å². The number of aryl methyl sites for hydroxylation is 2. The maximum absolute atomic E-state index is 6.28. The van der Waals surface area contributed by atoms with Crippen LogP contribution < -0.4 is 10.5 Å². The molecule has 2 rings (SSSR count). The van der Waals surface area contributed by atoms with Gasteiger partial charge in [-0.05, 0) is 43.5 Å². The summed E-state index contributed by atoms with van der Waals surface area (Å²) in [5, 5.41) is 0.670. The molecular formula is C18H22ClNO. The number of hydrogen-bond donors (Lipinski definition) is 1. The molecule has 112 valence electrons. The average molecular weight is 304 g/mol. The Hall–Kier alpha value is -1.51. The number of hydrogen-bond acceptors (Lipinski definition) is 2. The van der Waals surface area contributed by atoms with Crippen molar-refractivity contribution in [3.05, 3.63) is 64.2 Å². The van der Waals surface area contributed by atoms with Gasteiger partial charge in [0.15, 0.2) is 0 Å². The molecule has 21 heavy (non-hydrogen) atoms. The van der Waals surface area contributed by atoms with Gasteiger partial charge in [-0.2, -0.15) is 0 Å². The van der Waals surface area contributed by atoms with Crippen molar-refractivity contribution < 1.29 is 4.74 Å². The number of benzene rings is 2. The smallest absolute Gasteiger partial charge is 0.139 e. The van der Waals surface area contributed by atoms with E-state index in [1.54, 1.807) is 0 Å². The van der Waals surface area contributed by atoms with Crippen LogP contribution in [0.25, 0.3) is 0 Å². The second-order valence-corrected chi connectivity index (χ2v) is 5.87. The average Bonchev–Trinajstić information content (AvgIpc) is 2.47. The molecule has 2 unspecified atom stereocenters. The summed E-state index contributed by atoms with van der Waals surface area (Å²) in [7, 11) is 0. The van der Waals surface area contributed by atoms with E-state index in [2.05, 4.69) is 32.0 Å². The molecule has 2 N–H and O–H groups in total. The highest BCUT2D eigenvalue weighted by atomic mass is 35.5. The van der Waals surface area contributed by atoms with Gasteiger partial charge in [-0.1, -0.05) is 54.4 Å². The monoisotopic (exact) mass is 303 g/mol. The number of nitrogens with two attached hydrogens (primary N) is 1. The molecule has 0 aliphatic rings. The second-order valence-electron chi connectivity index (χ2n) is 5.43. The molecule has 0 fully saturated rings. The van der Waals surface area contributed by atoms with E-state index < -0.39 is 0 Å². The third kappa shape index (κ3) is 3.99. The van der Waals surface area contributed by atoms with E-state index >= 15 is 0 Å². The van der Waals surface area contributed by atoms with Crippen molar-refractivity contribution in [2.24, 2.45) is 5.73 Å². The maximum Gasteiger partial charge on any atom is 0.139 e. The van der Waals surface area contributed by atoms with Crippen LogP contribution in [-0.2, 0) is 0 Å². The van der Waals surface area contributed by atoms with Crippen molar-refractivity contribution in [1.82, 2.24) is 0 Å². The Bertz CT molecular complexity index is 612. The van der Waals surface area contributed by atoms with E-state index in [1.807, 2.05) is 31.2 Å². The Morgan fingerprint density at radius 1 is 1.14 bits per heavy atom. The minimum Gasteiger partial charge on any atom is -0.484 e. The summed E-state index contributed by atoms with van der Waals surface area (Å²) in [5.41, 5.74) is 9.63. The zero-order valence-electron chi connectivity index (χ0n) is 12.8. The zero-order chi connectivity index (χ0) is 15.4. The third-order valence-electron chi connectivity index (χ3n) is 3.64. The lowest BCUT2D eigenvalue weighted by Crippen LogP contribution is -2.31. The van der Waals surface area contributed by atoms with E-state index in [9.17, 15) is 0 Å². The van der Waals surface area contributed by atoms with Crippen LogP contribution in [0.1, 0.15) is 36.1 Å². The van der Waals surface area contributed by atoms with Crippen LogP contribution in [-0.4, -0.2) is 6.04 Å². The number of halogens is 1. The Morgan fingerprint density at radius 3 is 2.57 bits per heavy atom. The first-order valence-electron chi connectivity index (χ1n) is 7.26. The molecule has 0 amide bonds. The van der Waals surface area contributed by atoms with E-state index in [0.717, 1.165) is 23.3 Å². The quantitative estimate of drug-likeness (QED) is 0.860. The van der Waals surface area contributed by atoms with Gasteiger partial charge < -0.3 is 10.5 Å². The molecule has 0 saturated carbocycles.